The van der Waals surface area contributed by atoms with Crippen LogP contribution in [0, 0.1) is 6.92 Å². The number of hydrogen-bond acceptors (Lipinski definition) is 6. The fourth-order valence-corrected chi connectivity index (χ4v) is 2.89. The zero-order chi connectivity index (χ0) is 25.0. The lowest BCUT2D eigenvalue weighted by molar-refractivity contribution is -0.143. The standard InChI is InChI=1S/C24H35N3O6/c1-7-15-27(19(28)16-26-23(31)33-24(4,5)6)21(18-11-9-17(3)10-12-18)22(30)25-14-13-20(29)32-8-2/h7,9-12,21H,1,8,13-16H2,2-6H3,(H,25,30)(H,26,31). The minimum atomic E-state index is -0.987. The molecule has 1 aromatic rings. The van der Waals surface area contributed by atoms with Crippen LogP contribution in [-0.2, 0) is 23.9 Å². The molecule has 1 unspecified atom stereocenters. The number of nitrogens with zero attached hydrogens (tertiary/aromatic N) is 1. The molecule has 0 radical (unpaired) electrons. The summed E-state index contributed by atoms with van der Waals surface area (Å²) in [5, 5.41) is 5.12. The van der Waals surface area contributed by atoms with E-state index in [0.29, 0.717) is 5.56 Å². The molecular formula is C24H35N3O6. The Balaban J connectivity index is 3.04. The number of alkyl carbamates (subject to hydrolysis) is 1. The maximum atomic E-state index is 13.1. The molecule has 33 heavy (non-hydrogen) atoms. The van der Waals surface area contributed by atoms with E-state index in [1.54, 1.807) is 39.8 Å². The molecule has 9 heteroatoms. The first-order valence-corrected chi connectivity index (χ1v) is 10.9. The summed E-state index contributed by atoms with van der Waals surface area (Å²) in [6.07, 6.45) is 0.772. The van der Waals surface area contributed by atoms with Crippen LogP contribution >= 0.6 is 0 Å². The topological polar surface area (TPSA) is 114 Å². The highest BCUT2D eigenvalue weighted by molar-refractivity contribution is 5.90. The Hall–Kier alpha value is -3.36. The minimum absolute atomic E-state index is 0.00972. The molecule has 0 aliphatic carbocycles. The van der Waals surface area contributed by atoms with E-state index < -0.39 is 35.5 Å². The van der Waals surface area contributed by atoms with Crippen molar-refractivity contribution in [1.82, 2.24) is 15.5 Å². The monoisotopic (exact) mass is 461 g/mol. The van der Waals surface area contributed by atoms with Crippen LogP contribution in [0.5, 0.6) is 0 Å². The Morgan fingerprint density at radius 1 is 1.12 bits per heavy atom. The minimum Gasteiger partial charge on any atom is -0.466 e. The van der Waals surface area contributed by atoms with Crippen molar-refractivity contribution in [3.05, 3.63) is 48.0 Å². The molecular weight excluding hydrogens is 426 g/mol. The second-order valence-corrected chi connectivity index (χ2v) is 8.35. The van der Waals surface area contributed by atoms with Crippen LogP contribution in [0.15, 0.2) is 36.9 Å². The molecule has 182 valence electrons. The maximum Gasteiger partial charge on any atom is 0.408 e. The number of aryl methyl sites for hydroxylation is 1. The van der Waals surface area contributed by atoms with Gasteiger partial charge in [-0.15, -0.1) is 6.58 Å². The summed E-state index contributed by atoms with van der Waals surface area (Å²) in [7, 11) is 0. The molecule has 0 fully saturated rings. The van der Waals surface area contributed by atoms with Crippen molar-refractivity contribution < 1.29 is 28.7 Å². The van der Waals surface area contributed by atoms with Crippen LogP contribution in [0.2, 0.25) is 0 Å². The van der Waals surface area contributed by atoms with Crippen molar-refractivity contribution in [2.75, 3.05) is 26.2 Å². The van der Waals surface area contributed by atoms with Crippen molar-refractivity contribution in [3.8, 4) is 0 Å². The summed E-state index contributed by atoms with van der Waals surface area (Å²) in [6, 6.07) is 6.21. The second-order valence-electron chi connectivity index (χ2n) is 8.35. The SMILES string of the molecule is C=CCN(C(=O)CNC(=O)OC(C)(C)C)C(C(=O)NCCC(=O)OCC)c1ccc(C)cc1. The number of ether oxygens (including phenoxy) is 2. The molecule has 1 aromatic carbocycles. The van der Waals surface area contributed by atoms with E-state index in [2.05, 4.69) is 17.2 Å². The highest BCUT2D eigenvalue weighted by Crippen LogP contribution is 2.22. The van der Waals surface area contributed by atoms with Gasteiger partial charge in [0.15, 0.2) is 0 Å². The smallest absolute Gasteiger partial charge is 0.408 e. The van der Waals surface area contributed by atoms with Gasteiger partial charge in [0.2, 0.25) is 11.8 Å². The molecule has 1 atom stereocenters. The molecule has 1 rings (SSSR count). The fraction of sp³-hybridized carbons (Fsp3) is 0.500. The van der Waals surface area contributed by atoms with Crippen molar-refractivity contribution in [2.24, 2.45) is 0 Å². The first-order valence-electron chi connectivity index (χ1n) is 10.9. The summed E-state index contributed by atoms with van der Waals surface area (Å²) < 4.78 is 10.0. The third-order valence-corrected chi connectivity index (χ3v) is 4.32. The molecule has 0 heterocycles. The predicted molar refractivity (Wildman–Crippen MR) is 124 cm³/mol. The summed E-state index contributed by atoms with van der Waals surface area (Å²) in [5.41, 5.74) is 0.868. The van der Waals surface area contributed by atoms with E-state index in [1.165, 1.54) is 11.0 Å². The zero-order valence-corrected chi connectivity index (χ0v) is 20.1. The molecule has 0 aromatic heterocycles. The van der Waals surface area contributed by atoms with Gasteiger partial charge in [-0.3, -0.25) is 14.4 Å². The molecule has 0 saturated heterocycles. The van der Waals surface area contributed by atoms with Gasteiger partial charge in [-0.25, -0.2) is 4.79 Å². The zero-order valence-electron chi connectivity index (χ0n) is 20.1. The van der Waals surface area contributed by atoms with Gasteiger partial charge in [0.1, 0.15) is 18.2 Å². The van der Waals surface area contributed by atoms with Gasteiger partial charge in [0, 0.05) is 13.1 Å². The molecule has 0 aliphatic heterocycles. The lowest BCUT2D eigenvalue weighted by Crippen LogP contribution is -2.48. The number of nitrogens with one attached hydrogen (secondary N) is 2. The quantitative estimate of drug-likeness (QED) is 0.387. The number of carbonyl (C=O) groups excluding carboxylic acids is 4. The van der Waals surface area contributed by atoms with Crippen molar-refractivity contribution in [1.29, 1.82) is 0 Å². The van der Waals surface area contributed by atoms with Crippen LogP contribution in [0.3, 0.4) is 0 Å². The summed E-state index contributed by atoms with van der Waals surface area (Å²) in [6.45, 7) is 12.5. The van der Waals surface area contributed by atoms with Crippen molar-refractivity contribution in [3.63, 3.8) is 0 Å². The van der Waals surface area contributed by atoms with Crippen LogP contribution in [0.4, 0.5) is 4.79 Å². The van der Waals surface area contributed by atoms with Gasteiger partial charge >= 0.3 is 12.1 Å². The highest BCUT2D eigenvalue weighted by Gasteiger charge is 2.31. The fourth-order valence-electron chi connectivity index (χ4n) is 2.89. The Labute approximate surface area is 195 Å². The first-order chi connectivity index (χ1) is 15.5. The van der Waals surface area contributed by atoms with Crippen LogP contribution in [0.1, 0.15) is 51.3 Å². The van der Waals surface area contributed by atoms with Crippen LogP contribution < -0.4 is 10.6 Å². The molecule has 2 N–H and O–H groups in total. The first kappa shape index (κ1) is 27.7. The normalized spacial score (nSPS) is 11.7. The lowest BCUT2D eigenvalue weighted by Gasteiger charge is -2.31. The van der Waals surface area contributed by atoms with E-state index in [1.807, 2.05) is 19.1 Å². The third-order valence-electron chi connectivity index (χ3n) is 4.32. The van der Waals surface area contributed by atoms with Crippen molar-refractivity contribution >= 4 is 23.9 Å². The van der Waals surface area contributed by atoms with Gasteiger partial charge < -0.3 is 25.0 Å². The molecule has 9 nitrogen and oxygen atoms in total. The predicted octanol–water partition coefficient (Wildman–Crippen LogP) is 2.64. The number of rotatable bonds is 11. The largest absolute Gasteiger partial charge is 0.466 e. The van der Waals surface area contributed by atoms with E-state index in [0.717, 1.165) is 5.56 Å². The summed E-state index contributed by atoms with van der Waals surface area (Å²) in [4.78, 5) is 51.0. The Morgan fingerprint density at radius 2 is 1.76 bits per heavy atom. The Morgan fingerprint density at radius 3 is 2.30 bits per heavy atom. The highest BCUT2D eigenvalue weighted by atomic mass is 16.6. The van der Waals surface area contributed by atoms with Crippen molar-refractivity contribution in [2.45, 2.75) is 52.7 Å². The van der Waals surface area contributed by atoms with Crippen LogP contribution in [0.25, 0.3) is 0 Å². The average molecular weight is 462 g/mol. The molecule has 0 aliphatic rings. The van der Waals surface area contributed by atoms with E-state index in [-0.39, 0.29) is 32.7 Å². The van der Waals surface area contributed by atoms with Gasteiger partial charge in [-0.2, -0.15) is 0 Å². The van der Waals surface area contributed by atoms with E-state index in [9.17, 15) is 19.2 Å². The molecule has 3 amide bonds. The number of amides is 3. The number of esters is 1. The number of carbonyl (C=O) groups is 4. The Kier molecular flexibility index (Phi) is 11.1. The molecule has 0 saturated carbocycles. The second kappa shape index (κ2) is 13.2. The Bertz CT molecular complexity index is 830. The van der Waals surface area contributed by atoms with E-state index in [4.69, 9.17) is 9.47 Å². The van der Waals surface area contributed by atoms with Crippen LogP contribution in [-0.4, -0.2) is 60.6 Å². The summed E-state index contributed by atoms with van der Waals surface area (Å²) >= 11 is 0. The lowest BCUT2D eigenvalue weighted by atomic mass is 10.0. The van der Waals surface area contributed by atoms with Gasteiger partial charge in [0.25, 0.3) is 0 Å². The maximum absolute atomic E-state index is 13.1. The van der Waals surface area contributed by atoms with Gasteiger partial charge in [-0.05, 0) is 40.2 Å². The van der Waals surface area contributed by atoms with Gasteiger partial charge in [-0.1, -0.05) is 35.9 Å². The number of benzene rings is 1. The molecule has 0 spiro atoms. The third kappa shape index (κ3) is 10.2. The van der Waals surface area contributed by atoms with Gasteiger partial charge in [0.05, 0.1) is 13.0 Å². The summed E-state index contributed by atoms with van der Waals surface area (Å²) in [5.74, 6) is -1.38. The van der Waals surface area contributed by atoms with E-state index >= 15 is 0 Å². The molecule has 0 bridgehead atoms. The number of hydrogen-bond donors (Lipinski definition) is 2. The average Bonchev–Trinajstić information content (AvgIpc) is 2.72.